The zero-order chi connectivity index (χ0) is 13.1. The van der Waals surface area contributed by atoms with Gasteiger partial charge in [-0.05, 0) is 28.6 Å². The van der Waals surface area contributed by atoms with E-state index in [4.69, 9.17) is 0 Å². The molecule has 1 N–H and O–H groups in total. The Morgan fingerprint density at radius 1 is 1.26 bits per heavy atom. The Morgan fingerprint density at radius 2 is 2.11 bits per heavy atom. The first-order valence-electron chi connectivity index (χ1n) is 6.18. The van der Waals surface area contributed by atoms with E-state index in [-0.39, 0.29) is 5.91 Å². The molecule has 98 valence electrons. The van der Waals surface area contributed by atoms with E-state index in [9.17, 15) is 4.79 Å². The second-order valence-electron chi connectivity index (χ2n) is 4.35. The fourth-order valence-electron chi connectivity index (χ4n) is 2.11. The van der Waals surface area contributed by atoms with Gasteiger partial charge >= 0.3 is 0 Å². The molecule has 0 aliphatic carbocycles. The highest BCUT2D eigenvalue weighted by Crippen LogP contribution is 2.11. The molecule has 1 aromatic carbocycles. The van der Waals surface area contributed by atoms with E-state index in [0.29, 0.717) is 5.56 Å². The molecule has 0 spiro atoms. The van der Waals surface area contributed by atoms with Crippen molar-refractivity contribution in [2.45, 2.75) is 0 Å². The predicted octanol–water partition coefficient (Wildman–Crippen LogP) is -0.292. The lowest BCUT2D eigenvalue weighted by atomic mass is 10.1. The standard InChI is InChI=1S/C12H14N6O/c19-12(17-6-4-13-5-7-17)10-2-1-3-11(8-10)18-9-14-15-16-18/h1-3,8-9,13H,4-7H2. The van der Waals surface area contributed by atoms with E-state index in [1.54, 1.807) is 6.07 Å². The van der Waals surface area contributed by atoms with Crippen molar-refractivity contribution in [1.29, 1.82) is 0 Å². The van der Waals surface area contributed by atoms with E-state index in [1.807, 2.05) is 23.1 Å². The van der Waals surface area contributed by atoms with Crippen LogP contribution in [0.5, 0.6) is 0 Å². The van der Waals surface area contributed by atoms with Gasteiger partial charge < -0.3 is 10.2 Å². The van der Waals surface area contributed by atoms with E-state index in [2.05, 4.69) is 20.8 Å². The smallest absolute Gasteiger partial charge is 0.254 e. The Hall–Kier alpha value is -2.28. The highest BCUT2D eigenvalue weighted by Gasteiger charge is 2.18. The highest BCUT2D eigenvalue weighted by atomic mass is 16.2. The number of nitrogens with one attached hydrogen (secondary N) is 1. The monoisotopic (exact) mass is 258 g/mol. The van der Waals surface area contributed by atoms with Crippen molar-refractivity contribution in [3.8, 4) is 5.69 Å². The summed E-state index contributed by atoms with van der Waals surface area (Å²) >= 11 is 0. The molecule has 0 saturated carbocycles. The number of rotatable bonds is 2. The molecule has 2 heterocycles. The van der Waals surface area contributed by atoms with Crippen molar-refractivity contribution >= 4 is 5.91 Å². The average molecular weight is 258 g/mol. The Bertz CT molecular complexity index is 561. The normalized spacial score (nSPS) is 15.5. The lowest BCUT2D eigenvalue weighted by Gasteiger charge is -2.27. The quantitative estimate of drug-likeness (QED) is 0.801. The van der Waals surface area contributed by atoms with Crippen LogP contribution in [-0.4, -0.2) is 57.2 Å². The van der Waals surface area contributed by atoms with E-state index < -0.39 is 0 Å². The molecule has 19 heavy (non-hydrogen) atoms. The Morgan fingerprint density at radius 3 is 2.84 bits per heavy atom. The third kappa shape index (κ3) is 2.45. The summed E-state index contributed by atoms with van der Waals surface area (Å²) in [6, 6.07) is 7.33. The van der Waals surface area contributed by atoms with Crippen molar-refractivity contribution in [3.63, 3.8) is 0 Å². The van der Waals surface area contributed by atoms with Crippen LogP contribution in [0.3, 0.4) is 0 Å². The molecule has 0 radical (unpaired) electrons. The van der Waals surface area contributed by atoms with Crippen LogP contribution in [0, 0.1) is 0 Å². The SMILES string of the molecule is O=C(c1cccc(-n2cnnn2)c1)N1CCNCC1. The third-order valence-corrected chi connectivity index (χ3v) is 3.11. The molecule has 7 heteroatoms. The average Bonchev–Trinajstić information content (AvgIpc) is 3.02. The summed E-state index contributed by atoms with van der Waals surface area (Å²) in [5, 5.41) is 14.2. The van der Waals surface area contributed by atoms with E-state index in [1.165, 1.54) is 11.0 Å². The van der Waals surface area contributed by atoms with Gasteiger partial charge in [0, 0.05) is 31.7 Å². The van der Waals surface area contributed by atoms with Crippen LogP contribution >= 0.6 is 0 Å². The van der Waals surface area contributed by atoms with Gasteiger partial charge in [0.05, 0.1) is 5.69 Å². The Kier molecular flexibility index (Phi) is 3.20. The number of benzene rings is 1. The van der Waals surface area contributed by atoms with Crippen molar-refractivity contribution in [2.24, 2.45) is 0 Å². The number of amides is 1. The van der Waals surface area contributed by atoms with Crippen molar-refractivity contribution in [2.75, 3.05) is 26.2 Å². The number of piperazine rings is 1. The van der Waals surface area contributed by atoms with Crippen LogP contribution in [0.25, 0.3) is 5.69 Å². The first-order valence-corrected chi connectivity index (χ1v) is 6.18. The van der Waals surface area contributed by atoms with Gasteiger partial charge in [-0.2, -0.15) is 0 Å². The maximum Gasteiger partial charge on any atom is 0.254 e. The molecule has 1 aliphatic rings. The lowest BCUT2D eigenvalue weighted by molar-refractivity contribution is 0.0736. The zero-order valence-electron chi connectivity index (χ0n) is 10.4. The molecule has 1 saturated heterocycles. The molecular weight excluding hydrogens is 244 g/mol. The topological polar surface area (TPSA) is 75.9 Å². The van der Waals surface area contributed by atoms with Crippen LogP contribution in [-0.2, 0) is 0 Å². The number of nitrogens with zero attached hydrogens (tertiary/aromatic N) is 5. The van der Waals surface area contributed by atoms with Crippen molar-refractivity contribution < 1.29 is 4.79 Å². The number of carbonyl (C=O) groups is 1. The summed E-state index contributed by atoms with van der Waals surface area (Å²) in [5.74, 6) is 0.0522. The van der Waals surface area contributed by atoms with Gasteiger partial charge in [-0.25, -0.2) is 4.68 Å². The number of tetrazole rings is 1. The van der Waals surface area contributed by atoms with Gasteiger partial charge in [-0.1, -0.05) is 6.07 Å². The maximum absolute atomic E-state index is 12.4. The number of hydrogen-bond acceptors (Lipinski definition) is 5. The largest absolute Gasteiger partial charge is 0.336 e. The van der Waals surface area contributed by atoms with Crippen LogP contribution in [0.2, 0.25) is 0 Å². The molecule has 1 fully saturated rings. The van der Waals surface area contributed by atoms with Gasteiger partial charge in [-0.15, -0.1) is 5.10 Å². The molecule has 2 aromatic rings. The van der Waals surface area contributed by atoms with Crippen molar-refractivity contribution in [3.05, 3.63) is 36.2 Å². The van der Waals surface area contributed by atoms with Crippen LogP contribution in [0.15, 0.2) is 30.6 Å². The minimum atomic E-state index is 0.0522. The van der Waals surface area contributed by atoms with Gasteiger partial charge in [0.2, 0.25) is 0 Å². The number of carbonyl (C=O) groups excluding carboxylic acids is 1. The summed E-state index contributed by atoms with van der Waals surface area (Å²) in [6.45, 7) is 3.18. The molecule has 0 unspecified atom stereocenters. The summed E-state index contributed by atoms with van der Waals surface area (Å²) in [6.07, 6.45) is 1.51. The third-order valence-electron chi connectivity index (χ3n) is 3.11. The van der Waals surface area contributed by atoms with Gasteiger partial charge in [0.15, 0.2) is 0 Å². The summed E-state index contributed by atoms with van der Waals surface area (Å²) in [7, 11) is 0. The molecule has 1 aliphatic heterocycles. The first-order chi connectivity index (χ1) is 9.34. The second kappa shape index (κ2) is 5.15. The van der Waals surface area contributed by atoms with Gasteiger partial charge in [0.1, 0.15) is 6.33 Å². The highest BCUT2D eigenvalue weighted by molar-refractivity contribution is 5.94. The van der Waals surface area contributed by atoms with Crippen molar-refractivity contribution in [1.82, 2.24) is 30.4 Å². The minimum absolute atomic E-state index is 0.0522. The van der Waals surface area contributed by atoms with Gasteiger partial charge in [-0.3, -0.25) is 4.79 Å². The first kappa shape index (κ1) is 11.8. The fraction of sp³-hybridized carbons (Fsp3) is 0.333. The molecular formula is C12H14N6O. The number of aromatic nitrogens is 4. The number of hydrogen-bond donors (Lipinski definition) is 1. The molecule has 1 amide bonds. The van der Waals surface area contributed by atoms with Gasteiger partial charge in [0.25, 0.3) is 5.91 Å². The van der Waals surface area contributed by atoms with Crippen LogP contribution in [0.1, 0.15) is 10.4 Å². The Balaban J connectivity index is 1.84. The van der Waals surface area contributed by atoms with E-state index >= 15 is 0 Å². The molecule has 7 nitrogen and oxygen atoms in total. The predicted molar refractivity (Wildman–Crippen MR) is 67.9 cm³/mol. The maximum atomic E-state index is 12.4. The van der Waals surface area contributed by atoms with E-state index in [0.717, 1.165) is 31.9 Å². The van der Waals surface area contributed by atoms with Crippen LogP contribution < -0.4 is 5.32 Å². The summed E-state index contributed by atoms with van der Waals surface area (Å²) < 4.78 is 1.54. The Labute approximate surface area is 110 Å². The summed E-state index contributed by atoms with van der Waals surface area (Å²) in [4.78, 5) is 14.2. The molecule has 1 aromatic heterocycles. The second-order valence-corrected chi connectivity index (χ2v) is 4.35. The molecule has 0 bridgehead atoms. The zero-order valence-corrected chi connectivity index (χ0v) is 10.4. The van der Waals surface area contributed by atoms with Crippen LogP contribution in [0.4, 0.5) is 0 Å². The molecule has 0 atom stereocenters. The fourth-order valence-corrected chi connectivity index (χ4v) is 2.11. The summed E-state index contributed by atoms with van der Waals surface area (Å²) in [5.41, 5.74) is 1.45. The minimum Gasteiger partial charge on any atom is -0.336 e. The molecule has 3 rings (SSSR count). The lowest BCUT2D eigenvalue weighted by Crippen LogP contribution is -2.46.